The van der Waals surface area contributed by atoms with Crippen LogP contribution in [0.25, 0.3) is 0 Å². The van der Waals surface area contributed by atoms with Gasteiger partial charge in [-0.15, -0.1) is 0 Å². The lowest BCUT2D eigenvalue weighted by molar-refractivity contribution is 0.0937. The highest BCUT2D eigenvalue weighted by Gasteiger charge is 2.25. The number of phenolic OH excluding ortho intramolecular Hbond substituents is 1. The molecule has 0 bridgehead atoms. The second kappa shape index (κ2) is 7.13. The molecule has 1 saturated heterocycles. The lowest BCUT2D eigenvalue weighted by Gasteiger charge is -2.23. The highest BCUT2D eigenvalue weighted by molar-refractivity contribution is 9.10. The van der Waals surface area contributed by atoms with E-state index in [0.717, 1.165) is 19.5 Å². The highest BCUT2D eigenvalue weighted by atomic mass is 79.9. The molecule has 0 aliphatic carbocycles. The monoisotopic (exact) mass is 356 g/mol. The Kier molecular flexibility index (Phi) is 5.47. The van der Waals surface area contributed by atoms with E-state index in [4.69, 9.17) is 4.74 Å². The van der Waals surface area contributed by atoms with Gasteiger partial charge in [-0.1, -0.05) is 6.92 Å². The van der Waals surface area contributed by atoms with Crippen LogP contribution in [0.5, 0.6) is 11.5 Å². The highest BCUT2D eigenvalue weighted by Crippen LogP contribution is 2.35. The van der Waals surface area contributed by atoms with Gasteiger partial charge >= 0.3 is 0 Å². The molecule has 0 saturated carbocycles. The third-order valence-electron chi connectivity index (χ3n) is 3.92. The second-order valence-electron chi connectivity index (χ2n) is 5.11. The Morgan fingerprint density at radius 3 is 3.00 bits per heavy atom. The van der Waals surface area contributed by atoms with Crippen LogP contribution in [0.1, 0.15) is 30.1 Å². The number of rotatable bonds is 5. The summed E-state index contributed by atoms with van der Waals surface area (Å²) in [6.07, 6.45) is 2.28. The van der Waals surface area contributed by atoms with Crippen LogP contribution >= 0.6 is 15.9 Å². The minimum absolute atomic E-state index is 0.0399. The minimum atomic E-state index is -0.238. The number of likely N-dealkylation sites (tertiary alicyclic amines) is 1. The molecule has 1 aliphatic rings. The first-order valence-corrected chi connectivity index (χ1v) is 7.95. The van der Waals surface area contributed by atoms with Gasteiger partial charge in [0.05, 0.1) is 12.7 Å². The second-order valence-corrected chi connectivity index (χ2v) is 5.96. The van der Waals surface area contributed by atoms with Gasteiger partial charge in [0.25, 0.3) is 5.91 Å². The van der Waals surface area contributed by atoms with E-state index in [1.165, 1.54) is 19.6 Å². The molecule has 1 heterocycles. The number of aromatic hydroxyl groups is 1. The lowest BCUT2D eigenvalue weighted by Crippen LogP contribution is -2.40. The van der Waals surface area contributed by atoms with Gasteiger partial charge in [0.2, 0.25) is 0 Å². The summed E-state index contributed by atoms with van der Waals surface area (Å²) in [4.78, 5) is 14.8. The van der Waals surface area contributed by atoms with Gasteiger partial charge in [-0.05, 0) is 54.0 Å². The van der Waals surface area contributed by atoms with Crippen molar-refractivity contribution in [3.63, 3.8) is 0 Å². The number of carbonyl (C=O) groups is 1. The molecule has 2 rings (SSSR count). The Labute approximate surface area is 133 Å². The van der Waals surface area contributed by atoms with E-state index in [0.29, 0.717) is 22.6 Å². The molecule has 0 unspecified atom stereocenters. The molecule has 1 amide bonds. The summed E-state index contributed by atoms with van der Waals surface area (Å²) in [7, 11) is 1.44. The summed E-state index contributed by atoms with van der Waals surface area (Å²) in [5.74, 6) is -0.0832. The molecule has 0 aromatic heterocycles. The van der Waals surface area contributed by atoms with Crippen LogP contribution in [0.2, 0.25) is 0 Å². The average molecular weight is 357 g/mol. The van der Waals surface area contributed by atoms with Gasteiger partial charge in [0, 0.05) is 17.1 Å². The van der Waals surface area contributed by atoms with Gasteiger partial charge < -0.3 is 15.2 Å². The van der Waals surface area contributed by atoms with E-state index >= 15 is 0 Å². The van der Waals surface area contributed by atoms with Gasteiger partial charge in [-0.2, -0.15) is 0 Å². The van der Waals surface area contributed by atoms with Crippen LogP contribution in [0, 0.1) is 0 Å². The van der Waals surface area contributed by atoms with Crippen molar-refractivity contribution in [2.24, 2.45) is 0 Å². The first-order valence-electron chi connectivity index (χ1n) is 7.16. The van der Waals surface area contributed by atoms with Crippen molar-refractivity contribution >= 4 is 21.8 Å². The topological polar surface area (TPSA) is 61.8 Å². The number of phenols is 1. The number of carbonyl (C=O) groups excluding carboxylic acids is 1. The predicted molar refractivity (Wildman–Crippen MR) is 85.0 cm³/mol. The Bertz CT molecular complexity index is 522. The van der Waals surface area contributed by atoms with Gasteiger partial charge in [-0.3, -0.25) is 9.69 Å². The zero-order chi connectivity index (χ0) is 15.4. The van der Waals surface area contributed by atoms with Crippen LogP contribution < -0.4 is 10.1 Å². The van der Waals surface area contributed by atoms with Gasteiger partial charge in [0.15, 0.2) is 11.5 Å². The molecule has 1 atom stereocenters. The van der Waals surface area contributed by atoms with Crippen molar-refractivity contribution in [3.8, 4) is 11.5 Å². The molecule has 0 spiro atoms. The number of benzene rings is 1. The summed E-state index contributed by atoms with van der Waals surface area (Å²) in [5.41, 5.74) is 0.332. The van der Waals surface area contributed by atoms with Gasteiger partial charge in [-0.25, -0.2) is 0 Å². The number of hydrogen-bond donors (Lipinski definition) is 2. The third kappa shape index (κ3) is 3.49. The van der Waals surface area contributed by atoms with Crippen LogP contribution in [-0.2, 0) is 0 Å². The Morgan fingerprint density at radius 1 is 1.57 bits per heavy atom. The fourth-order valence-corrected chi connectivity index (χ4v) is 3.30. The minimum Gasteiger partial charge on any atom is -0.504 e. The maximum atomic E-state index is 12.4. The molecular weight excluding hydrogens is 336 g/mol. The third-order valence-corrected chi connectivity index (χ3v) is 4.58. The number of ether oxygens (including phenoxy) is 1. The molecule has 2 N–H and O–H groups in total. The normalized spacial score (nSPS) is 18.7. The molecule has 21 heavy (non-hydrogen) atoms. The molecular formula is C15H21BrN2O3. The Balaban J connectivity index is 2.09. The van der Waals surface area contributed by atoms with E-state index in [1.807, 2.05) is 0 Å². The average Bonchev–Trinajstić information content (AvgIpc) is 2.94. The molecule has 116 valence electrons. The van der Waals surface area contributed by atoms with Crippen molar-refractivity contribution in [1.29, 1.82) is 0 Å². The predicted octanol–water partition coefficient (Wildman–Crippen LogP) is 2.38. The summed E-state index contributed by atoms with van der Waals surface area (Å²) < 4.78 is 5.75. The number of likely N-dealkylation sites (N-methyl/N-ethyl adjacent to an activating group) is 1. The summed E-state index contributed by atoms with van der Waals surface area (Å²) in [6.45, 7) is 4.84. The summed E-state index contributed by atoms with van der Waals surface area (Å²) in [6, 6.07) is 3.52. The SMILES string of the molecule is CCN1CCC[C@H]1CNC(=O)c1c(Br)ccc(O)c1OC. The van der Waals surface area contributed by atoms with Crippen LogP contribution in [0.3, 0.4) is 0 Å². The Hall–Kier alpha value is -1.27. The first-order chi connectivity index (χ1) is 10.1. The van der Waals surface area contributed by atoms with E-state index in [-0.39, 0.29) is 17.4 Å². The zero-order valence-electron chi connectivity index (χ0n) is 12.4. The van der Waals surface area contributed by atoms with Crippen molar-refractivity contribution in [2.75, 3.05) is 26.7 Å². The molecule has 1 aliphatic heterocycles. The van der Waals surface area contributed by atoms with Crippen molar-refractivity contribution in [1.82, 2.24) is 10.2 Å². The van der Waals surface area contributed by atoms with Crippen LogP contribution in [0.15, 0.2) is 16.6 Å². The van der Waals surface area contributed by atoms with Gasteiger partial charge in [0.1, 0.15) is 0 Å². The maximum Gasteiger partial charge on any atom is 0.256 e. The van der Waals surface area contributed by atoms with Crippen molar-refractivity contribution < 1.29 is 14.6 Å². The molecule has 5 nitrogen and oxygen atoms in total. The molecule has 1 fully saturated rings. The number of methoxy groups -OCH3 is 1. The number of amides is 1. The van der Waals surface area contributed by atoms with E-state index in [9.17, 15) is 9.90 Å². The van der Waals surface area contributed by atoms with E-state index in [2.05, 4.69) is 33.1 Å². The standard InChI is InChI=1S/C15H21BrN2O3/c1-3-18-8-4-5-10(18)9-17-15(20)13-11(16)6-7-12(19)14(13)21-2/h6-7,10,19H,3-5,8-9H2,1-2H3,(H,17,20)/t10-/m0/s1. The molecule has 1 aromatic rings. The van der Waals surface area contributed by atoms with E-state index in [1.54, 1.807) is 6.07 Å². The largest absolute Gasteiger partial charge is 0.504 e. The summed E-state index contributed by atoms with van der Waals surface area (Å²) in [5, 5.41) is 12.7. The fourth-order valence-electron chi connectivity index (χ4n) is 2.81. The quantitative estimate of drug-likeness (QED) is 0.850. The first kappa shape index (κ1) is 16.1. The maximum absolute atomic E-state index is 12.4. The molecule has 6 heteroatoms. The van der Waals surface area contributed by atoms with Crippen LogP contribution in [-0.4, -0.2) is 48.7 Å². The molecule has 0 radical (unpaired) electrons. The fraction of sp³-hybridized carbons (Fsp3) is 0.533. The number of hydrogen-bond acceptors (Lipinski definition) is 4. The number of nitrogens with zero attached hydrogens (tertiary/aromatic N) is 1. The van der Waals surface area contributed by atoms with Crippen molar-refractivity contribution in [2.45, 2.75) is 25.8 Å². The van der Waals surface area contributed by atoms with E-state index < -0.39 is 0 Å². The molecule has 1 aromatic carbocycles. The Morgan fingerprint density at radius 2 is 2.33 bits per heavy atom. The summed E-state index contributed by atoms with van der Waals surface area (Å²) >= 11 is 3.34. The number of halogens is 1. The van der Waals surface area contributed by atoms with Crippen LogP contribution in [0.4, 0.5) is 0 Å². The zero-order valence-corrected chi connectivity index (χ0v) is 13.9. The lowest BCUT2D eigenvalue weighted by atomic mass is 10.1. The smallest absolute Gasteiger partial charge is 0.256 e. The number of nitrogens with one attached hydrogen (secondary N) is 1. The van der Waals surface area contributed by atoms with Crippen molar-refractivity contribution in [3.05, 3.63) is 22.2 Å².